The van der Waals surface area contributed by atoms with E-state index in [1.165, 1.54) is 12.1 Å². The molecular formula is C12H20N4O3. The number of ether oxygens (including phenoxy) is 1. The van der Waals surface area contributed by atoms with Crippen molar-refractivity contribution in [2.75, 3.05) is 30.9 Å². The van der Waals surface area contributed by atoms with Crippen LogP contribution in [0.5, 0.6) is 0 Å². The number of nitrogens with two attached hydrogens (primary N) is 1. The van der Waals surface area contributed by atoms with Crippen LogP contribution in [-0.4, -0.2) is 36.2 Å². The molecule has 0 saturated heterocycles. The van der Waals surface area contributed by atoms with Gasteiger partial charge in [-0.1, -0.05) is 6.92 Å². The summed E-state index contributed by atoms with van der Waals surface area (Å²) in [5.74, 6) is 0.572. The number of nitrogens with zero attached hydrogens (tertiary/aromatic N) is 3. The molecule has 0 aliphatic rings. The number of hydrogen-bond donors (Lipinski definition) is 1. The Kier molecular flexibility index (Phi) is 5.50. The molecule has 0 aromatic carbocycles. The van der Waals surface area contributed by atoms with Gasteiger partial charge < -0.3 is 15.4 Å². The molecule has 1 atom stereocenters. The van der Waals surface area contributed by atoms with Gasteiger partial charge in [0.1, 0.15) is 5.82 Å². The third kappa shape index (κ3) is 3.78. The Balaban J connectivity index is 3.19. The first kappa shape index (κ1) is 15.2. The Morgan fingerprint density at radius 1 is 1.58 bits per heavy atom. The molecule has 7 heteroatoms. The molecule has 1 aromatic heterocycles. The van der Waals surface area contributed by atoms with Crippen LogP contribution in [0.15, 0.2) is 12.1 Å². The fourth-order valence-corrected chi connectivity index (χ4v) is 1.75. The second-order valence-corrected chi connectivity index (χ2v) is 4.28. The molecule has 0 bridgehead atoms. The van der Waals surface area contributed by atoms with Crippen molar-refractivity contribution in [2.24, 2.45) is 0 Å². The lowest BCUT2D eigenvalue weighted by Crippen LogP contribution is -2.36. The van der Waals surface area contributed by atoms with Gasteiger partial charge in [-0.2, -0.15) is 0 Å². The van der Waals surface area contributed by atoms with E-state index in [1.807, 2.05) is 18.7 Å². The zero-order valence-corrected chi connectivity index (χ0v) is 11.5. The Morgan fingerprint density at radius 2 is 2.26 bits per heavy atom. The molecular weight excluding hydrogens is 248 g/mol. The molecule has 0 aliphatic carbocycles. The van der Waals surface area contributed by atoms with Crippen LogP contribution in [0.25, 0.3) is 0 Å². The van der Waals surface area contributed by atoms with E-state index in [1.54, 1.807) is 7.11 Å². The Labute approximate surface area is 112 Å². The third-order valence-electron chi connectivity index (χ3n) is 3.00. The fourth-order valence-electron chi connectivity index (χ4n) is 1.75. The topological polar surface area (TPSA) is 94.5 Å². The van der Waals surface area contributed by atoms with E-state index in [2.05, 4.69) is 4.98 Å². The maximum absolute atomic E-state index is 11.1. The van der Waals surface area contributed by atoms with Crippen LogP contribution >= 0.6 is 0 Å². The standard InChI is InChI=1S/C12H20N4O3/c1-4-9(2)15(7-8-19-3)12-10(16(17)18)5-6-11(13)14-12/h5-6,9H,4,7-8H2,1-3H3,(H2,13,14). The van der Waals surface area contributed by atoms with Gasteiger partial charge in [-0.3, -0.25) is 10.1 Å². The smallest absolute Gasteiger partial charge is 0.311 e. The highest BCUT2D eigenvalue weighted by Crippen LogP contribution is 2.28. The minimum atomic E-state index is -0.441. The van der Waals surface area contributed by atoms with E-state index in [0.29, 0.717) is 19.0 Å². The van der Waals surface area contributed by atoms with Gasteiger partial charge in [0.05, 0.1) is 11.5 Å². The molecule has 106 valence electrons. The van der Waals surface area contributed by atoms with Crippen molar-refractivity contribution >= 4 is 17.3 Å². The summed E-state index contributed by atoms with van der Waals surface area (Å²) in [4.78, 5) is 16.6. The average Bonchev–Trinajstić information content (AvgIpc) is 2.38. The summed E-state index contributed by atoms with van der Waals surface area (Å²) in [6.07, 6.45) is 0.845. The van der Waals surface area contributed by atoms with Crippen molar-refractivity contribution in [3.05, 3.63) is 22.2 Å². The van der Waals surface area contributed by atoms with Crippen LogP contribution in [0.1, 0.15) is 20.3 Å². The van der Waals surface area contributed by atoms with Crippen LogP contribution in [0.4, 0.5) is 17.3 Å². The molecule has 0 amide bonds. The molecule has 0 radical (unpaired) electrons. The van der Waals surface area contributed by atoms with Gasteiger partial charge in [0, 0.05) is 25.8 Å². The predicted octanol–water partition coefficient (Wildman–Crippen LogP) is 1.82. The lowest BCUT2D eigenvalue weighted by Gasteiger charge is -2.29. The molecule has 7 nitrogen and oxygen atoms in total. The first-order valence-electron chi connectivity index (χ1n) is 6.17. The SMILES string of the molecule is CCC(C)N(CCOC)c1nc(N)ccc1[N+](=O)[O-]. The minimum Gasteiger partial charge on any atom is -0.384 e. The summed E-state index contributed by atoms with van der Waals surface area (Å²) in [6.45, 7) is 5.01. The molecule has 19 heavy (non-hydrogen) atoms. The van der Waals surface area contributed by atoms with E-state index in [9.17, 15) is 10.1 Å². The fraction of sp³-hybridized carbons (Fsp3) is 0.583. The summed E-state index contributed by atoms with van der Waals surface area (Å²) in [7, 11) is 1.59. The quantitative estimate of drug-likeness (QED) is 0.598. The molecule has 0 fully saturated rings. The number of nitrogen functional groups attached to an aromatic ring is 1. The summed E-state index contributed by atoms with van der Waals surface area (Å²) in [5, 5.41) is 11.1. The van der Waals surface area contributed by atoms with Crippen LogP contribution in [0, 0.1) is 10.1 Å². The highest BCUT2D eigenvalue weighted by atomic mass is 16.6. The van der Waals surface area contributed by atoms with E-state index < -0.39 is 4.92 Å². The van der Waals surface area contributed by atoms with Crippen molar-refractivity contribution < 1.29 is 9.66 Å². The van der Waals surface area contributed by atoms with E-state index in [-0.39, 0.29) is 17.5 Å². The zero-order chi connectivity index (χ0) is 14.4. The van der Waals surface area contributed by atoms with Crippen LogP contribution in [-0.2, 0) is 4.74 Å². The largest absolute Gasteiger partial charge is 0.384 e. The second-order valence-electron chi connectivity index (χ2n) is 4.28. The summed E-state index contributed by atoms with van der Waals surface area (Å²) in [6, 6.07) is 2.94. The van der Waals surface area contributed by atoms with Crippen molar-refractivity contribution in [1.82, 2.24) is 4.98 Å². The monoisotopic (exact) mass is 268 g/mol. The third-order valence-corrected chi connectivity index (χ3v) is 3.00. The number of aromatic nitrogens is 1. The van der Waals surface area contributed by atoms with Gasteiger partial charge in [0.15, 0.2) is 0 Å². The number of rotatable bonds is 7. The zero-order valence-electron chi connectivity index (χ0n) is 11.5. The summed E-state index contributed by atoms with van der Waals surface area (Å²) < 4.78 is 5.05. The first-order valence-corrected chi connectivity index (χ1v) is 6.17. The number of pyridine rings is 1. The number of hydrogen-bond acceptors (Lipinski definition) is 6. The van der Waals surface area contributed by atoms with Crippen LogP contribution in [0.2, 0.25) is 0 Å². The van der Waals surface area contributed by atoms with Gasteiger partial charge in [-0.15, -0.1) is 0 Å². The lowest BCUT2D eigenvalue weighted by molar-refractivity contribution is -0.384. The molecule has 1 rings (SSSR count). The second kappa shape index (κ2) is 6.89. The Morgan fingerprint density at radius 3 is 2.79 bits per heavy atom. The number of anilines is 2. The van der Waals surface area contributed by atoms with E-state index >= 15 is 0 Å². The Hall–Kier alpha value is -1.89. The van der Waals surface area contributed by atoms with Gasteiger partial charge in [-0.05, 0) is 19.4 Å². The highest BCUT2D eigenvalue weighted by molar-refractivity contribution is 5.61. The van der Waals surface area contributed by atoms with Crippen molar-refractivity contribution in [1.29, 1.82) is 0 Å². The molecule has 0 spiro atoms. The van der Waals surface area contributed by atoms with Gasteiger partial charge in [0.25, 0.3) is 0 Å². The summed E-state index contributed by atoms with van der Waals surface area (Å²) >= 11 is 0. The van der Waals surface area contributed by atoms with Gasteiger partial charge in [0.2, 0.25) is 5.82 Å². The molecule has 0 aliphatic heterocycles. The van der Waals surface area contributed by atoms with Crippen molar-refractivity contribution in [3.63, 3.8) is 0 Å². The average molecular weight is 268 g/mol. The normalized spacial score (nSPS) is 12.2. The maximum atomic E-state index is 11.1. The highest BCUT2D eigenvalue weighted by Gasteiger charge is 2.24. The van der Waals surface area contributed by atoms with Crippen LogP contribution in [0.3, 0.4) is 0 Å². The molecule has 1 unspecified atom stereocenters. The number of methoxy groups -OCH3 is 1. The van der Waals surface area contributed by atoms with Crippen LogP contribution < -0.4 is 10.6 Å². The van der Waals surface area contributed by atoms with Crippen molar-refractivity contribution in [2.45, 2.75) is 26.3 Å². The van der Waals surface area contributed by atoms with Gasteiger partial charge in [-0.25, -0.2) is 4.98 Å². The maximum Gasteiger partial charge on any atom is 0.311 e. The Bertz CT molecular complexity index is 439. The first-order chi connectivity index (χ1) is 9.01. The predicted molar refractivity (Wildman–Crippen MR) is 74.3 cm³/mol. The minimum absolute atomic E-state index is 0.0365. The molecule has 1 heterocycles. The molecule has 2 N–H and O–H groups in total. The van der Waals surface area contributed by atoms with Gasteiger partial charge >= 0.3 is 5.69 Å². The lowest BCUT2D eigenvalue weighted by atomic mass is 10.2. The number of nitro groups is 1. The molecule has 1 aromatic rings. The molecule has 0 saturated carbocycles. The summed E-state index contributed by atoms with van der Waals surface area (Å²) in [5.41, 5.74) is 5.61. The van der Waals surface area contributed by atoms with E-state index in [0.717, 1.165) is 6.42 Å². The van der Waals surface area contributed by atoms with Crippen molar-refractivity contribution in [3.8, 4) is 0 Å². The van der Waals surface area contributed by atoms with E-state index in [4.69, 9.17) is 10.5 Å².